The molecular formula is C22H22N2O3S. The van der Waals surface area contributed by atoms with Gasteiger partial charge in [-0.1, -0.05) is 45.0 Å². The largest absolute Gasteiger partial charge is 0.465 e. The van der Waals surface area contributed by atoms with Gasteiger partial charge in [-0.15, -0.1) is 11.3 Å². The molecule has 144 valence electrons. The predicted octanol–water partition coefficient (Wildman–Crippen LogP) is 5.15. The average molecular weight is 394 g/mol. The maximum atomic E-state index is 12.5. The number of aromatic nitrogens is 1. The number of thiophene rings is 1. The number of carbonyl (C=O) groups is 2. The highest BCUT2D eigenvalue weighted by Gasteiger charge is 2.23. The summed E-state index contributed by atoms with van der Waals surface area (Å²) in [6.45, 7) is 6.46. The molecule has 2 aromatic heterocycles. The summed E-state index contributed by atoms with van der Waals surface area (Å²) in [5.41, 5.74) is 3.71. The summed E-state index contributed by atoms with van der Waals surface area (Å²) in [6, 6.07) is 11.3. The third-order valence-electron chi connectivity index (χ3n) is 4.41. The molecule has 1 N–H and O–H groups in total. The Hall–Kier alpha value is -2.99. The number of nitrogens with zero attached hydrogens (tertiary/aromatic N) is 1. The van der Waals surface area contributed by atoms with Gasteiger partial charge in [-0.25, -0.2) is 4.79 Å². The molecule has 3 aromatic rings. The van der Waals surface area contributed by atoms with Gasteiger partial charge < -0.3 is 10.1 Å². The molecular weight excluding hydrogens is 372 g/mol. The Bertz CT molecular complexity index is 987. The van der Waals surface area contributed by atoms with Gasteiger partial charge >= 0.3 is 5.97 Å². The van der Waals surface area contributed by atoms with Crippen LogP contribution in [0.1, 0.15) is 47.1 Å². The number of hydrogen-bond acceptors (Lipinski definition) is 5. The van der Waals surface area contributed by atoms with Gasteiger partial charge in [0.25, 0.3) is 5.91 Å². The number of ether oxygens (including phenoxy) is 1. The fourth-order valence-electron chi connectivity index (χ4n) is 2.80. The van der Waals surface area contributed by atoms with Gasteiger partial charge in [-0.2, -0.15) is 0 Å². The summed E-state index contributed by atoms with van der Waals surface area (Å²) in [7, 11) is 1.33. The van der Waals surface area contributed by atoms with Crippen LogP contribution in [-0.2, 0) is 10.2 Å². The summed E-state index contributed by atoms with van der Waals surface area (Å²) in [5.74, 6) is -0.787. The molecule has 6 heteroatoms. The molecule has 0 saturated carbocycles. The van der Waals surface area contributed by atoms with Crippen molar-refractivity contribution < 1.29 is 14.3 Å². The van der Waals surface area contributed by atoms with Gasteiger partial charge in [0.05, 0.1) is 7.11 Å². The number of anilines is 1. The predicted molar refractivity (Wildman–Crippen MR) is 112 cm³/mol. The molecule has 0 aliphatic heterocycles. The van der Waals surface area contributed by atoms with Crippen molar-refractivity contribution in [2.45, 2.75) is 26.2 Å². The van der Waals surface area contributed by atoms with Gasteiger partial charge in [0, 0.05) is 28.9 Å². The zero-order chi connectivity index (χ0) is 20.3. The van der Waals surface area contributed by atoms with E-state index in [9.17, 15) is 9.59 Å². The van der Waals surface area contributed by atoms with E-state index in [1.54, 1.807) is 24.5 Å². The van der Waals surface area contributed by atoms with E-state index >= 15 is 0 Å². The Labute approximate surface area is 168 Å². The fraction of sp³-hybridized carbons (Fsp3) is 0.227. The number of carbonyl (C=O) groups excluding carboxylic acids is 2. The van der Waals surface area contributed by atoms with Crippen LogP contribution in [0.5, 0.6) is 0 Å². The number of pyridine rings is 1. The summed E-state index contributed by atoms with van der Waals surface area (Å²) in [5, 5.41) is 5.14. The lowest BCUT2D eigenvalue weighted by molar-refractivity contribution is 0.0603. The molecule has 3 rings (SSSR count). The lowest BCUT2D eigenvalue weighted by Gasteiger charge is -2.19. The number of benzene rings is 1. The molecule has 5 nitrogen and oxygen atoms in total. The monoisotopic (exact) mass is 394 g/mol. The Kier molecular flexibility index (Phi) is 5.61. The highest BCUT2D eigenvalue weighted by molar-refractivity contribution is 7.15. The van der Waals surface area contributed by atoms with Crippen molar-refractivity contribution in [1.82, 2.24) is 4.98 Å². The van der Waals surface area contributed by atoms with E-state index in [-0.39, 0.29) is 11.3 Å². The van der Waals surface area contributed by atoms with Crippen LogP contribution < -0.4 is 5.32 Å². The molecule has 0 unspecified atom stereocenters. The van der Waals surface area contributed by atoms with Crippen LogP contribution in [0.4, 0.5) is 5.00 Å². The second kappa shape index (κ2) is 7.94. The Morgan fingerprint density at radius 1 is 1.04 bits per heavy atom. The minimum Gasteiger partial charge on any atom is -0.465 e. The zero-order valence-corrected chi connectivity index (χ0v) is 17.1. The summed E-state index contributed by atoms with van der Waals surface area (Å²) < 4.78 is 4.97. The molecule has 1 amide bonds. The molecule has 28 heavy (non-hydrogen) atoms. The molecule has 2 heterocycles. The van der Waals surface area contributed by atoms with E-state index in [4.69, 9.17) is 4.74 Å². The molecule has 0 atom stereocenters. The SMILES string of the molecule is COC(=O)c1c(-c2ccc(C(C)(C)C)cc2)csc1NC(=O)c1ccncc1. The van der Waals surface area contributed by atoms with Crippen LogP contribution in [0.3, 0.4) is 0 Å². The van der Waals surface area contributed by atoms with Crippen molar-refractivity contribution >= 4 is 28.2 Å². The summed E-state index contributed by atoms with van der Waals surface area (Å²) in [6.07, 6.45) is 3.10. The third kappa shape index (κ3) is 4.12. The molecule has 0 saturated heterocycles. The lowest BCUT2D eigenvalue weighted by Crippen LogP contribution is -2.14. The van der Waals surface area contributed by atoms with E-state index in [0.717, 1.165) is 11.1 Å². The van der Waals surface area contributed by atoms with Crippen molar-refractivity contribution in [2.24, 2.45) is 0 Å². The number of nitrogens with one attached hydrogen (secondary N) is 1. The average Bonchev–Trinajstić information content (AvgIpc) is 3.11. The van der Waals surface area contributed by atoms with Crippen molar-refractivity contribution in [2.75, 3.05) is 12.4 Å². The highest BCUT2D eigenvalue weighted by Crippen LogP contribution is 2.37. The van der Waals surface area contributed by atoms with E-state index in [0.29, 0.717) is 16.1 Å². The number of hydrogen-bond donors (Lipinski definition) is 1. The first-order valence-corrected chi connectivity index (χ1v) is 9.71. The minimum atomic E-state index is -0.485. The van der Waals surface area contributed by atoms with Crippen molar-refractivity contribution in [3.05, 3.63) is 70.9 Å². The second-order valence-corrected chi connectivity index (χ2v) is 8.24. The Balaban J connectivity index is 1.97. The quantitative estimate of drug-likeness (QED) is 0.622. The maximum Gasteiger partial charge on any atom is 0.341 e. The Morgan fingerprint density at radius 2 is 1.68 bits per heavy atom. The van der Waals surface area contributed by atoms with Gasteiger partial charge in [-0.05, 0) is 28.7 Å². The van der Waals surface area contributed by atoms with Crippen LogP contribution in [0, 0.1) is 0 Å². The van der Waals surface area contributed by atoms with Crippen LogP contribution in [0.15, 0.2) is 54.2 Å². The molecule has 1 aromatic carbocycles. The van der Waals surface area contributed by atoms with E-state index in [2.05, 4.69) is 43.2 Å². The van der Waals surface area contributed by atoms with E-state index in [1.165, 1.54) is 24.0 Å². The van der Waals surface area contributed by atoms with Gasteiger partial charge in [-0.3, -0.25) is 9.78 Å². The number of rotatable bonds is 4. The molecule has 0 aliphatic rings. The van der Waals surface area contributed by atoms with Crippen molar-refractivity contribution in [3.8, 4) is 11.1 Å². The zero-order valence-electron chi connectivity index (χ0n) is 16.3. The smallest absolute Gasteiger partial charge is 0.341 e. The van der Waals surface area contributed by atoms with E-state index in [1.807, 2.05) is 17.5 Å². The summed E-state index contributed by atoms with van der Waals surface area (Å²) in [4.78, 5) is 28.9. The lowest BCUT2D eigenvalue weighted by atomic mass is 9.86. The normalized spacial score (nSPS) is 11.1. The second-order valence-electron chi connectivity index (χ2n) is 7.36. The first-order valence-electron chi connectivity index (χ1n) is 8.83. The number of amides is 1. The molecule has 0 spiro atoms. The van der Waals surface area contributed by atoms with Gasteiger partial charge in [0.2, 0.25) is 0 Å². The van der Waals surface area contributed by atoms with Gasteiger partial charge in [0.15, 0.2) is 0 Å². The van der Waals surface area contributed by atoms with Gasteiger partial charge in [0.1, 0.15) is 10.6 Å². The Morgan fingerprint density at radius 3 is 2.25 bits per heavy atom. The molecule has 0 fully saturated rings. The standard InChI is InChI=1S/C22H22N2O3S/c1-22(2,3)16-7-5-14(6-8-16)17-13-28-20(18(17)21(26)27-4)24-19(25)15-9-11-23-12-10-15/h5-13H,1-4H3,(H,24,25). The fourth-order valence-corrected chi connectivity index (χ4v) is 3.75. The van der Waals surface area contributed by atoms with Crippen LogP contribution in [0.25, 0.3) is 11.1 Å². The molecule has 0 bridgehead atoms. The molecule has 0 aliphatic carbocycles. The highest BCUT2D eigenvalue weighted by atomic mass is 32.1. The van der Waals surface area contributed by atoms with Crippen molar-refractivity contribution in [3.63, 3.8) is 0 Å². The molecule has 0 radical (unpaired) electrons. The first kappa shape index (κ1) is 19.8. The maximum absolute atomic E-state index is 12.5. The van der Waals surface area contributed by atoms with E-state index < -0.39 is 5.97 Å². The van der Waals surface area contributed by atoms with Crippen LogP contribution in [-0.4, -0.2) is 24.0 Å². The first-order chi connectivity index (χ1) is 13.3. The topological polar surface area (TPSA) is 68.3 Å². The number of esters is 1. The minimum absolute atomic E-state index is 0.0437. The number of methoxy groups -OCH3 is 1. The third-order valence-corrected chi connectivity index (χ3v) is 5.31. The van der Waals surface area contributed by atoms with Crippen molar-refractivity contribution in [1.29, 1.82) is 0 Å². The summed E-state index contributed by atoms with van der Waals surface area (Å²) >= 11 is 1.30. The van der Waals surface area contributed by atoms with Crippen LogP contribution in [0.2, 0.25) is 0 Å². The van der Waals surface area contributed by atoms with Crippen LogP contribution >= 0.6 is 11.3 Å².